The summed E-state index contributed by atoms with van der Waals surface area (Å²) in [5.41, 5.74) is 1.48. The third-order valence-corrected chi connectivity index (χ3v) is 8.22. The SMILES string of the molecule is C[C@@H](NC(=O)c1ccc(NS(=O)(=O)c2cccs2)cc1)c1ccc(S(C)(=O)=O)cc1. The van der Waals surface area contributed by atoms with E-state index >= 15 is 0 Å². The molecule has 158 valence electrons. The summed E-state index contributed by atoms with van der Waals surface area (Å²) in [7, 11) is -6.93. The van der Waals surface area contributed by atoms with E-state index in [1.807, 2.05) is 0 Å². The average Bonchev–Trinajstić information content (AvgIpc) is 3.23. The van der Waals surface area contributed by atoms with Crippen molar-refractivity contribution >= 4 is 42.8 Å². The number of rotatable bonds is 7. The highest BCUT2D eigenvalue weighted by Crippen LogP contribution is 2.21. The number of hydrogen-bond acceptors (Lipinski definition) is 6. The number of anilines is 1. The van der Waals surface area contributed by atoms with Gasteiger partial charge >= 0.3 is 0 Å². The zero-order chi connectivity index (χ0) is 21.9. The van der Waals surface area contributed by atoms with Gasteiger partial charge in [0.25, 0.3) is 15.9 Å². The molecule has 0 aliphatic rings. The molecule has 2 N–H and O–H groups in total. The molecule has 0 saturated carbocycles. The van der Waals surface area contributed by atoms with Crippen molar-refractivity contribution in [1.29, 1.82) is 0 Å². The summed E-state index contributed by atoms with van der Waals surface area (Å²) < 4.78 is 50.3. The molecular weight excluding hydrogens is 444 g/mol. The van der Waals surface area contributed by atoms with Gasteiger partial charge in [-0.15, -0.1) is 11.3 Å². The van der Waals surface area contributed by atoms with E-state index in [-0.39, 0.29) is 21.1 Å². The van der Waals surface area contributed by atoms with Crippen molar-refractivity contribution in [3.05, 3.63) is 77.2 Å². The minimum atomic E-state index is -3.65. The first-order chi connectivity index (χ1) is 14.1. The number of sulfone groups is 1. The van der Waals surface area contributed by atoms with Crippen molar-refractivity contribution in [2.24, 2.45) is 0 Å². The van der Waals surface area contributed by atoms with Crippen molar-refractivity contribution in [3.8, 4) is 0 Å². The van der Waals surface area contributed by atoms with Crippen LogP contribution >= 0.6 is 11.3 Å². The van der Waals surface area contributed by atoms with E-state index in [0.717, 1.165) is 23.2 Å². The van der Waals surface area contributed by atoms with Crippen LogP contribution in [0.2, 0.25) is 0 Å². The lowest BCUT2D eigenvalue weighted by molar-refractivity contribution is 0.0940. The van der Waals surface area contributed by atoms with Gasteiger partial charge in [0.15, 0.2) is 9.84 Å². The molecule has 3 rings (SSSR count). The lowest BCUT2D eigenvalue weighted by Crippen LogP contribution is -2.26. The Balaban J connectivity index is 1.66. The maximum absolute atomic E-state index is 12.5. The maximum Gasteiger partial charge on any atom is 0.271 e. The largest absolute Gasteiger partial charge is 0.346 e. The molecule has 0 aliphatic carbocycles. The monoisotopic (exact) mass is 464 g/mol. The first-order valence-electron chi connectivity index (χ1n) is 8.83. The zero-order valence-corrected chi connectivity index (χ0v) is 18.6. The number of thiophene rings is 1. The van der Waals surface area contributed by atoms with Crippen LogP contribution in [0.3, 0.4) is 0 Å². The van der Waals surface area contributed by atoms with Crippen molar-refractivity contribution in [2.75, 3.05) is 11.0 Å². The second-order valence-electron chi connectivity index (χ2n) is 6.65. The Morgan fingerprint density at radius 3 is 2.10 bits per heavy atom. The van der Waals surface area contributed by atoms with Gasteiger partial charge in [-0.1, -0.05) is 18.2 Å². The molecule has 0 saturated heterocycles. The Morgan fingerprint density at radius 1 is 0.933 bits per heavy atom. The highest BCUT2D eigenvalue weighted by molar-refractivity contribution is 7.94. The topological polar surface area (TPSA) is 109 Å². The molecule has 0 spiro atoms. The average molecular weight is 465 g/mol. The van der Waals surface area contributed by atoms with Crippen molar-refractivity contribution in [3.63, 3.8) is 0 Å². The van der Waals surface area contributed by atoms with Gasteiger partial charge in [-0.25, -0.2) is 16.8 Å². The van der Waals surface area contributed by atoms with Crippen LogP contribution in [0, 0.1) is 0 Å². The van der Waals surface area contributed by atoms with Gasteiger partial charge in [0, 0.05) is 17.5 Å². The fourth-order valence-corrected chi connectivity index (χ4v) is 5.36. The van der Waals surface area contributed by atoms with Crippen molar-refractivity contribution in [2.45, 2.75) is 22.1 Å². The van der Waals surface area contributed by atoms with Crippen LogP contribution in [-0.4, -0.2) is 29.0 Å². The summed E-state index contributed by atoms with van der Waals surface area (Å²) in [4.78, 5) is 12.7. The highest BCUT2D eigenvalue weighted by atomic mass is 32.2. The van der Waals surface area contributed by atoms with Crippen molar-refractivity contribution in [1.82, 2.24) is 5.32 Å². The summed E-state index contributed by atoms with van der Waals surface area (Å²) in [6.45, 7) is 1.79. The van der Waals surface area contributed by atoms with E-state index in [4.69, 9.17) is 0 Å². The van der Waals surface area contributed by atoms with Gasteiger partial charge in [-0.2, -0.15) is 0 Å². The first-order valence-corrected chi connectivity index (χ1v) is 13.1. The molecule has 1 heterocycles. The number of amides is 1. The number of nitrogens with one attached hydrogen (secondary N) is 2. The van der Waals surface area contributed by atoms with E-state index < -0.39 is 19.9 Å². The lowest BCUT2D eigenvalue weighted by Gasteiger charge is -2.15. The molecule has 1 amide bonds. The Morgan fingerprint density at radius 2 is 1.57 bits per heavy atom. The number of carbonyl (C=O) groups excluding carboxylic acids is 1. The molecule has 7 nitrogen and oxygen atoms in total. The standard InChI is InChI=1S/C20H20N2O5S3/c1-14(15-7-11-18(12-8-15)29(2,24)25)21-20(23)16-5-9-17(10-6-16)22-30(26,27)19-4-3-13-28-19/h3-14,22H,1-2H3,(H,21,23)/t14-/m1/s1. The molecule has 0 aliphatic heterocycles. The van der Waals surface area contributed by atoms with E-state index in [1.165, 1.54) is 42.5 Å². The second kappa shape index (κ2) is 8.58. The number of carbonyl (C=O) groups is 1. The molecule has 0 unspecified atom stereocenters. The molecule has 1 aromatic heterocycles. The van der Waals surface area contributed by atoms with Gasteiger partial charge in [0.1, 0.15) is 4.21 Å². The predicted octanol–water partition coefficient (Wildman–Crippen LogP) is 3.44. The number of hydrogen-bond donors (Lipinski definition) is 2. The van der Waals surface area contributed by atoms with Gasteiger partial charge in [0.05, 0.1) is 10.9 Å². The van der Waals surface area contributed by atoms with Gasteiger partial charge in [-0.3, -0.25) is 9.52 Å². The van der Waals surface area contributed by atoms with E-state index in [1.54, 1.807) is 30.5 Å². The quantitative estimate of drug-likeness (QED) is 0.557. The van der Waals surface area contributed by atoms with Crippen LogP contribution in [0.15, 0.2) is 75.1 Å². The summed E-state index contributed by atoms with van der Waals surface area (Å²) in [5, 5.41) is 4.51. The minimum Gasteiger partial charge on any atom is -0.346 e. The van der Waals surface area contributed by atoms with Crippen LogP contribution in [0.1, 0.15) is 28.9 Å². The van der Waals surface area contributed by atoms with E-state index in [2.05, 4.69) is 10.0 Å². The molecule has 0 fully saturated rings. The molecule has 1 atom stereocenters. The van der Waals surface area contributed by atoms with E-state index in [0.29, 0.717) is 11.3 Å². The van der Waals surface area contributed by atoms with Gasteiger partial charge in [0.2, 0.25) is 0 Å². The summed E-state index contributed by atoms with van der Waals surface area (Å²) in [5.74, 6) is -0.331. The zero-order valence-electron chi connectivity index (χ0n) is 16.2. The van der Waals surface area contributed by atoms with E-state index in [9.17, 15) is 21.6 Å². The minimum absolute atomic E-state index is 0.208. The van der Waals surface area contributed by atoms with Gasteiger partial charge in [-0.05, 0) is 60.3 Å². The fourth-order valence-electron chi connectivity index (χ4n) is 2.68. The summed E-state index contributed by atoms with van der Waals surface area (Å²) in [6, 6.07) is 15.2. The maximum atomic E-state index is 12.5. The second-order valence-corrected chi connectivity index (χ2v) is 11.5. The van der Waals surface area contributed by atoms with Gasteiger partial charge < -0.3 is 5.32 Å². The Hall–Kier alpha value is -2.69. The first kappa shape index (κ1) is 22.0. The molecule has 0 bridgehead atoms. The van der Waals surface area contributed by atoms with Crippen LogP contribution in [0.25, 0.3) is 0 Å². The summed E-state index contributed by atoms with van der Waals surface area (Å²) >= 11 is 1.12. The normalized spacial score (nSPS) is 12.9. The Kier molecular flexibility index (Phi) is 6.30. The molecular formula is C20H20N2O5S3. The third-order valence-electron chi connectivity index (χ3n) is 4.32. The Bertz CT molecular complexity index is 1230. The number of benzene rings is 2. The molecule has 3 aromatic rings. The predicted molar refractivity (Wildman–Crippen MR) is 117 cm³/mol. The van der Waals surface area contributed by atoms with Crippen LogP contribution in [0.5, 0.6) is 0 Å². The third kappa shape index (κ3) is 5.26. The number of sulfonamides is 1. The van der Waals surface area contributed by atoms with Crippen molar-refractivity contribution < 1.29 is 21.6 Å². The van der Waals surface area contributed by atoms with Crippen LogP contribution < -0.4 is 10.0 Å². The van der Waals surface area contributed by atoms with Crippen LogP contribution in [0.4, 0.5) is 5.69 Å². The molecule has 30 heavy (non-hydrogen) atoms. The fraction of sp³-hybridized carbons (Fsp3) is 0.150. The smallest absolute Gasteiger partial charge is 0.271 e. The molecule has 0 radical (unpaired) electrons. The molecule has 2 aromatic carbocycles. The summed E-state index contributed by atoms with van der Waals surface area (Å²) in [6.07, 6.45) is 1.14. The Labute approximate surface area is 179 Å². The lowest BCUT2D eigenvalue weighted by atomic mass is 10.1. The van der Waals surface area contributed by atoms with Crippen LogP contribution in [-0.2, 0) is 19.9 Å². The molecule has 10 heteroatoms. The highest BCUT2D eigenvalue weighted by Gasteiger charge is 2.16.